The minimum atomic E-state index is -0.457. The van der Waals surface area contributed by atoms with Crippen molar-refractivity contribution in [2.75, 3.05) is 25.6 Å². The van der Waals surface area contributed by atoms with Crippen LogP contribution in [0, 0.1) is 5.92 Å². The van der Waals surface area contributed by atoms with E-state index in [0.717, 1.165) is 19.4 Å². The lowest BCUT2D eigenvalue weighted by Crippen LogP contribution is -2.52. The average Bonchev–Trinajstić information content (AvgIpc) is 3.16. The van der Waals surface area contributed by atoms with Gasteiger partial charge >= 0.3 is 0 Å². The zero-order valence-electron chi connectivity index (χ0n) is 15.5. The quantitative estimate of drug-likeness (QED) is 0.783. The largest absolute Gasteiger partial charge is 0.379 e. The van der Waals surface area contributed by atoms with Crippen LogP contribution in [0.15, 0.2) is 30.3 Å². The number of anilines is 1. The number of carbonyl (C=O) groups is 2. The van der Waals surface area contributed by atoms with Crippen LogP contribution in [0.4, 0.5) is 5.69 Å². The van der Waals surface area contributed by atoms with Crippen molar-refractivity contribution in [1.29, 1.82) is 0 Å². The molecule has 6 heteroatoms. The molecule has 0 unspecified atom stereocenters. The fourth-order valence-electron chi connectivity index (χ4n) is 3.31. The highest BCUT2D eigenvalue weighted by Gasteiger charge is 2.38. The van der Waals surface area contributed by atoms with E-state index < -0.39 is 12.0 Å². The number of carbonyl (C=O) groups excluding carboxylic acids is 2. The van der Waals surface area contributed by atoms with Crippen LogP contribution in [0.1, 0.15) is 26.7 Å². The van der Waals surface area contributed by atoms with Crippen LogP contribution in [0.3, 0.4) is 0 Å². The maximum Gasteiger partial charge on any atom is 0.250 e. The summed E-state index contributed by atoms with van der Waals surface area (Å²) in [7, 11) is 3.33. The Labute approximate surface area is 149 Å². The molecule has 2 rings (SSSR count). The van der Waals surface area contributed by atoms with Crippen molar-refractivity contribution in [3.63, 3.8) is 0 Å². The maximum absolute atomic E-state index is 13.2. The molecular formula is C19H29N3O3. The molecule has 0 spiro atoms. The summed E-state index contributed by atoms with van der Waals surface area (Å²) < 4.78 is 5.63. The predicted octanol–water partition coefficient (Wildman–Crippen LogP) is 1.56. The Morgan fingerprint density at radius 3 is 2.44 bits per heavy atom. The van der Waals surface area contributed by atoms with E-state index in [0.29, 0.717) is 5.69 Å². The Bertz CT molecular complexity index is 573. The summed E-state index contributed by atoms with van der Waals surface area (Å²) in [4.78, 5) is 27.4. The molecule has 1 saturated heterocycles. The lowest BCUT2D eigenvalue weighted by Gasteiger charge is -2.32. The van der Waals surface area contributed by atoms with Crippen LogP contribution >= 0.6 is 0 Å². The van der Waals surface area contributed by atoms with Crippen molar-refractivity contribution in [1.82, 2.24) is 10.6 Å². The van der Waals surface area contributed by atoms with Crippen LogP contribution in [0.2, 0.25) is 0 Å². The number of rotatable bonds is 7. The molecule has 2 amide bonds. The zero-order chi connectivity index (χ0) is 18.4. The first-order valence-corrected chi connectivity index (χ1v) is 8.87. The average molecular weight is 347 g/mol. The van der Waals surface area contributed by atoms with Crippen molar-refractivity contribution in [3.05, 3.63) is 30.3 Å². The van der Waals surface area contributed by atoms with E-state index in [-0.39, 0.29) is 24.0 Å². The molecule has 6 nitrogen and oxygen atoms in total. The lowest BCUT2D eigenvalue weighted by atomic mass is 9.94. The molecule has 1 aromatic rings. The number of imide groups is 1. The van der Waals surface area contributed by atoms with E-state index in [1.807, 2.05) is 25.1 Å². The van der Waals surface area contributed by atoms with Gasteiger partial charge in [-0.05, 0) is 45.5 Å². The second kappa shape index (κ2) is 9.08. The van der Waals surface area contributed by atoms with Gasteiger partial charge in [-0.25, -0.2) is 4.90 Å². The third-order valence-corrected chi connectivity index (χ3v) is 4.91. The van der Waals surface area contributed by atoms with E-state index in [9.17, 15) is 9.59 Å². The Kier molecular flexibility index (Phi) is 7.11. The highest BCUT2D eigenvalue weighted by Crippen LogP contribution is 2.24. The number of para-hydroxylation sites is 1. The summed E-state index contributed by atoms with van der Waals surface area (Å²) in [5.74, 6) is -0.938. The number of hydrogen-bond donors (Lipinski definition) is 2. The number of nitrogens with zero attached hydrogens (tertiary/aromatic N) is 1. The van der Waals surface area contributed by atoms with Gasteiger partial charge in [0.2, 0.25) is 5.91 Å². The Hall–Kier alpha value is -1.76. The van der Waals surface area contributed by atoms with Gasteiger partial charge in [0.1, 0.15) is 0 Å². The number of nitrogens with one attached hydrogen (secondary N) is 2. The fourth-order valence-corrected chi connectivity index (χ4v) is 3.31. The fraction of sp³-hybridized carbons (Fsp3) is 0.579. The summed E-state index contributed by atoms with van der Waals surface area (Å²) >= 11 is 0. The molecule has 0 aromatic heterocycles. The molecule has 1 aromatic carbocycles. The summed E-state index contributed by atoms with van der Waals surface area (Å²) in [6.45, 7) is 4.52. The van der Waals surface area contributed by atoms with Gasteiger partial charge < -0.3 is 15.4 Å². The molecule has 0 saturated carbocycles. The molecular weight excluding hydrogens is 318 g/mol. The van der Waals surface area contributed by atoms with Gasteiger partial charge in [-0.15, -0.1) is 0 Å². The van der Waals surface area contributed by atoms with Crippen LogP contribution in [-0.4, -0.2) is 50.7 Å². The van der Waals surface area contributed by atoms with Crippen molar-refractivity contribution in [3.8, 4) is 0 Å². The molecule has 1 aliphatic rings. The standard InChI is InChI=1S/C19H29N3O3/c1-13(17(25-4)16-11-8-12-21-16)18(23)22(19(24)14(2)20-3)15-9-6-5-7-10-15/h5-7,9-10,13-14,16-17,20-21H,8,11-12H2,1-4H3/t13-,14+,16+,17-/m1/s1. The number of hydrogen-bond acceptors (Lipinski definition) is 5. The molecule has 25 heavy (non-hydrogen) atoms. The first-order valence-electron chi connectivity index (χ1n) is 8.87. The number of methoxy groups -OCH3 is 1. The zero-order valence-corrected chi connectivity index (χ0v) is 15.5. The van der Waals surface area contributed by atoms with Gasteiger partial charge in [0.15, 0.2) is 0 Å². The van der Waals surface area contributed by atoms with Crippen LogP contribution < -0.4 is 15.5 Å². The second-order valence-corrected chi connectivity index (χ2v) is 6.55. The van der Waals surface area contributed by atoms with Crippen LogP contribution in [0.25, 0.3) is 0 Å². The molecule has 0 radical (unpaired) electrons. The van der Waals surface area contributed by atoms with E-state index in [4.69, 9.17) is 4.74 Å². The minimum absolute atomic E-state index is 0.137. The normalized spacial score (nSPS) is 20.7. The molecule has 1 fully saturated rings. The first kappa shape index (κ1) is 19.6. The van der Waals surface area contributed by atoms with E-state index in [2.05, 4.69) is 10.6 Å². The van der Waals surface area contributed by atoms with Crippen molar-refractivity contribution in [2.24, 2.45) is 5.92 Å². The first-order chi connectivity index (χ1) is 12.0. The van der Waals surface area contributed by atoms with E-state index in [1.54, 1.807) is 33.2 Å². The van der Waals surface area contributed by atoms with Crippen molar-refractivity contribution < 1.29 is 14.3 Å². The number of ether oxygens (including phenoxy) is 1. The molecule has 4 atom stereocenters. The SMILES string of the molecule is CN[C@@H](C)C(=O)N(C(=O)[C@H](C)[C@@H](OC)[C@@H]1CCCN1)c1ccccc1. The highest BCUT2D eigenvalue weighted by atomic mass is 16.5. The van der Waals surface area contributed by atoms with Gasteiger partial charge in [-0.2, -0.15) is 0 Å². The van der Waals surface area contributed by atoms with E-state index >= 15 is 0 Å². The monoisotopic (exact) mass is 347 g/mol. The minimum Gasteiger partial charge on any atom is -0.379 e. The van der Waals surface area contributed by atoms with Crippen LogP contribution in [-0.2, 0) is 14.3 Å². The lowest BCUT2D eigenvalue weighted by molar-refractivity contribution is -0.132. The van der Waals surface area contributed by atoms with Crippen molar-refractivity contribution in [2.45, 2.75) is 44.9 Å². The Morgan fingerprint density at radius 1 is 1.24 bits per heavy atom. The highest BCUT2D eigenvalue weighted by molar-refractivity contribution is 6.17. The molecule has 1 heterocycles. The van der Waals surface area contributed by atoms with Gasteiger partial charge in [-0.3, -0.25) is 9.59 Å². The molecule has 138 valence electrons. The molecule has 2 N–H and O–H groups in total. The Morgan fingerprint density at radius 2 is 1.92 bits per heavy atom. The number of amides is 2. The van der Waals surface area contributed by atoms with Gasteiger partial charge in [0.05, 0.1) is 23.8 Å². The van der Waals surface area contributed by atoms with Gasteiger partial charge in [0, 0.05) is 13.2 Å². The van der Waals surface area contributed by atoms with E-state index in [1.165, 1.54) is 4.90 Å². The van der Waals surface area contributed by atoms with Gasteiger partial charge in [0.25, 0.3) is 5.91 Å². The third kappa shape index (κ3) is 4.45. The Balaban J connectivity index is 2.29. The molecule has 1 aliphatic heterocycles. The predicted molar refractivity (Wildman–Crippen MR) is 98.4 cm³/mol. The summed E-state index contributed by atoms with van der Waals surface area (Å²) in [6.07, 6.45) is 1.78. The summed E-state index contributed by atoms with van der Waals surface area (Å²) in [5.41, 5.74) is 0.584. The maximum atomic E-state index is 13.2. The summed E-state index contributed by atoms with van der Waals surface area (Å²) in [6, 6.07) is 8.75. The van der Waals surface area contributed by atoms with Crippen LogP contribution in [0.5, 0.6) is 0 Å². The third-order valence-electron chi connectivity index (χ3n) is 4.91. The number of benzene rings is 1. The number of likely N-dealkylation sites (N-methyl/N-ethyl adjacent to an activating group) is 1. The second-order valence-electron chi connectivity index (χ2n) is 6.55. The smallest absolute Gasteiger partial charge is 0.250 e. The molecule has 0 aliphatic carbocycles. The van der Waals surface area contributed by atoms with Gasteiger partial charge in [-0.1, -0.05) is 25.1 Å². The topological polar surface area (TPSA) is 70.7 Å². The summed E-state index contributed by atoms with van der Waals surface area (Å²) in [5, 5.41) is 6.31. The molecule has 0 bridgehead atoms. The van der Waals surface area contributed by atoms with Crippen molar-refractivity contribution >= 4 is 17.5 Å².